The molecule has 0 heterocycles. The van der Waals surface area contributed by atoms with Crippen molar-refractivity contribution in [3.05, 3.63) is 0 Å². The van der Waals surface area contributed by atoms with E-state index in [1.165, 1.54) is 7.11 Å². The lowest BCUT2D eigenvalue weighted by atomic mass is 10.6. The molecule has 5 nitrogen and oxygen atoms in total. The zero-order valence-corrected chi connectivity index (χ0v) is 8.53. The largest absolute Gasteiger partial charge is 0.460 e. The first-order chi connectivity index (χ1) is 6.26. The highest BCUT2D eigenvalue weighted by Gasteiger charge is 2.09. The fourth-order valence-electron chi connectivity index (χ4n) is 0.413. The highest BCUT2D eigenvalue weighted by atomic mass is 16.6. The van der Waals surface area contributed by atoms with Crippen LogP contribution in [-0.2, 0) is 14.4 Å². The van der Waals surface area contributed by atoms with E-state index in [0.717, 1.165) is 0 Å². The number of esters is 1. The Kier molecular flexibility index (Phi) is 11.6. The van der Waals surface area contributed by atoms with Gasteiger partial charge in [-0.3, -0.25) is 0 Å². The minimum Gasteiger partial charge on any atom is -0.460 e. The fourth-order valence-corrected chi connectivity index (χ4v) is 0.413. The van der Waals surface area contributed by atoms with Gasteiger partial charge in [-0.05, 0) is 13.6 Å². The van der Waals surface area contributed by atoms with E-state index in [-0.39, 0.29) is 12.4 Å². The minimum atomic E-state index is -0.635. The zero-order chi connectivity index (χ0) is 10.7. The summed E-state index contributed by atoms with van der Waals surface area (Å²) in [5.41, 5.74) is 0. The number of hydrogen-bond donors (Lipinski definition) is 0. The molecular weight excluding hydrogens is 172 g/mol. The van der Waals surface area contributed by atoms with Crippen LogP contribution in [0.3, 0.4) is 0 Å². The van der Waals surface area contributed by atoms with E-state index in [2.05, 4.69) is 26.4 Å². The molecule has 0 bridgehead atoms. The Hall–Kier alpha value is -1.39. The van der Waals surface area contributed by atoms with Gasteiger partial charge in [-0.15, -0.1) is 0 Å². The van der Waals surface area contributed by atoms with Crippen LogP contribution in [0.4, 0.5) is 0 Å². The van der Waals surface area contributed by atoms with Crippen LogP contribution < -0.4 is 0 Å². The standard InChI is InChI=1S/C6H10N2O3.C2H6/c1-4-11-6(9)5(7-2)8-10-3;1-2/h2,4H2,1,3H3;1-2H3/b8-5-;. The smallest absolute Gasteiger partial charge is 0.379 e. The van der Waals surface area contributed by atoms with Gasteiger partial charge in [0.1, 0.15) is 7.11 Å². The molecule has 0 aliphatic rings. The van der Waals surface area contributed by atoms with Gasteiger partial charge in [0.2, 0.25) is 0 Å². The second-order valence-corrected chi connectivity index (χ2v) is 1.48. The maximum atomic E-state index is 10.8. The normalized spacial score (nSPS) is 9.38. The van der Waals surface area contributed by atoms with Crippen molar-refractivity contribution in [2.75, 3.05) is 13.7 Å². The zero-order valence-electron chi connectivity index (χ0n) is 8.53. The van der Waals surface area contributed by atoms with Crippen molar-refractivity contribution in [2.24, 2.45) is 10.1 Å². The third-order valence-electron chi connectivity index (χ3n) is 0.786. The molecular formula is C8H16N2O3. The van der Waals surface area contributed by atoms with Crippen LogP contribution in [0.25, 0.3) is 0 Å². The summed E-state index contributed by atoms with van der Waals surface area (Å²) < 4.78 is 4.56. The Labute approximate surface area is 78.4 Å². The van der Waals surface area contributed by atoms with Crippen molar-refractivity contribution >= 4 is 18.5 Å². The van der Waals surface area contributed by atoms with Crippen LogP contribution in [-0.4, -0.2) is 32.2 Å². The molecule has 0 saturated heterocycles. The van der Waals surface area contributed by atoms with Gasteiger partial charge in [-0.25, -0.2) is 9.79 Å². The molecule has 0 aromatic heterocycles. The van der Waals surface area contributed by atoms with Gasteiger partial charge >= 0.3 is 5.97 Å². The monoisotopic (exact) mass is 188 g/mol. The maximum Gasteiger partial charge on any atom is 0.379 e. The first-order valence-electron chi connectivity index (χ1n) is 4.01. The van der Waals surface area contributed by atoms with Crippen molar-refractivity contribution in [3.63, 3.8) is 0 Å². The van der Waals surface area contributed by atoms with E-state index in [0.29, 0.717) is 0 Å². The Morgan fingerprint density at radius 1 is 1.46 bits per heavy atom. The van der Waals surface area contributed by atoms with Crippen molar-refractivity contribution in [1.29, 1.82) is 0 Å². The first-order valence-corrected chi connectivity index (χ1v) is 4.01. The Morgan fingerprint density at radius 3 is 2.31 bits per heavy atom. The molecule has 0 spiro atoms. The summed E-state index contributed by atoms with van der Waals surface area (Å²) in [6.07, 6.45) is 0. The number of carbonyl (C=O) groups excluding carboxylic acids is 1. The summed E-state index contributed by atoms with van der Waals surface area (Å²) in [5.74, 6) is -0.807. The summed E-state index contributed by atoms with van der Waals surface area (Å²) in [6.45, 7) is 9.08. The van der Waals surface area contributed by atoms with E-state index in [1.54, 1.807) is 6.92 Å². The van der Waals surface area contributed by atoms with E-state index in [9.17, 15) is 4.79 Å². The van der Waals surface area contributed by atoms with Crippen LogP contribution in [0.5, 0.6) is 0 Å². The summed E-state index contributed by atoms with van der Waals surface area (Å²) in [7, 11) is 1.31. The molecule has 0 aromatic rings. The van der Waals surface area contributed by atoms with Gasteiger partial charge in [-0.1, -0.05) is 19.0 Å². The highest BCUT2D eigenvalue weighted by Crippen LogP contribution is 1.86. The van der Waals surface area contributed by atoms with Gasteiger partial charge in [0.05, 0.1) is 6.61 Å². The number of rotatable bonds is 2. The molecule has 0 amide bonds. The Morgan fingerprint density at radius 2 is 2.00 bits per heavy atom. The number of hydrogen-bond acceptors (Lipinski definition) is 4. The Bertz CT molecular complexity index is 178. The Balaban J connectivity index is 0. The second-order valence-electron chi connectivity index (χ2n) is 1.48. The number of aliphatic imine (C=N–C) groups is 1. The van der Waals surface area contributed by atoms with E-state index < -0.39 is 5.97 Å². The molecule has 0 aliphatic carbocycles. The topological polar surface area (TPSA) is 60.2 Å². The molecule has 0 rings (SSSR count). The lowest BCUT2D eigenvalue weighted by molar-refractivity contribution is -0.135. The van der Waals surface area contributed by atoms with Crippen molar-refractivity contribution in [1.82, 2.24) is 0 Å². The van der Waals surface area contributed by atoms with Crippen LogP contribution in [0, 0.1) is 0 Å². The average molecular weight is 188 g/mol. The molecule has 76 valence electrons. The van der Waals surface area contributed by atoms with E-state index in [4.69, 9.17) is 0 Å². The average Bonchev–Trinajstić information content (AvgIpc) is 2.17. The lowest BCUT2D eigenvalue weighted by Gasteiger charge is -1.98. The molecule has 0 saturated carbocycles. The van der Waals surface area contributed by atoms with Gasteiger partial charge < -0.3 is 9.57 Å². The van der Waals surface area contributed by atoms with Crippen molar-refractivity contribution < 1.29 is 14.4 Å². The number of nitrogens with zero attached hydrogens (tertiary/aromatic N) is 2. The minimum absolute atomic E-state index is 0.172. The van der Waals surface area contributed by atoms with Crippen LogP contribution in [0.15, 0.2) is 10.1 Å². The number of oxime groups is 1. The SMILES string of the molecule is C=N/C(=N\OC)C(=O)OCC.CC. The predicted octanol–water partition coefficient (Wildman–Crippen LogP) is 1.24. The van der Waals surface area contributed by atoms with Crippen LogP contribution in [0.1, 0.15) is 20.8 Å². The molecule has 0 radical (unpaired) electrons. The third kappa shape index (κ3) is 6.99. The highest BCUT2D eigenvalue weighted by molar-refractivity contribution is 6.36. The second kappa shape index (κ2) is 10.6. The summed E-state index contributed by atoms with van der Waals surface area (Å²) in [6, 6.07) is 0. The van der Waals surface area contributed by atoms with E-state index >= 15 is 0 Å². The van der Waals surface area contributed by atoms with Crippen LogP contribution in [0.2, 0.25) is 0 Å². The quantitative estimate of drug-likeness (QED) is 0.283. The number of amidine groups is 1. The molecule has 0 N–H and O–H groups in total. The fraction of sp³-hybridized carbons (Fsp3) is 0.625. The molecule has 13 heavy (non-hydrogen) atoms. The number of ether oxygens (including phenoxy) is 1. The van der Waals surface area contributed by atoms with Gasteiger partial charge in [-0.2, -0.15) is 0 Å². The van der Waals surface area contributed by atoms with Gasteiger partial charge in [0.25, 0.3) is 5.84 Å². The molecule has 0 unspecified atom stereocenters. The third-order valence-corrected chi connectivity index (χ3v) is 0.786. The van der Waals surface area contributed by atoms with Crippen molar-refractivity contribution in [2.45, 2.75) is 20.8 Å². The predicted molar refractivity (Wildman–Crippen MR) is 52.0 cm³/mol. The number of carbonyl (C=O) groups is 1. The van der Waals surface area contributed by atoms with Gasteiger partial charge in [0, 0.05) is 0 Å². The molecule has 0 aliphatic heterocycles. The van der Waals surface area contributed by atoms with Crippen LogP contribution >= 0.6 is 0 Å². The molecule has 0 aromatic carbocycles. The lowest BCUT2D eigenvalue weighted by Crippen LogP contribution is -2.15. The van der Waals surface area contributed by atoms with Crippen molar-refractivity contribution in [3.8, 4) is 0 Å². The molecule has 0 atom stereocenters. The van der Waals surface area contributed by atoms with E-state index in [1.807, 2.05) is 13.8 Å². The summed E-state index contributed by atoms with van der Waals surface area (Å²) in [4.78, 5) is 18.4. The molecule has 0 fully saturated rings. The first kappa shape index (κ1) is 14.2. The summed E-state index contributed by atoms with van der Waals surface area (Å²) in [5, 5.41) is 3.27. The molecule has 5 heteroatoms. The summed E-state index contributed by atoms with van der Waals surface area (Å²) >= 11 is 0. The maximum absolute atomic E-state index is 10.8. The van der Waals surface area contributed by atoms with Gasteiger partial charge in [0.15, 0.2) is 0 Å².